The van der Waals surface area contributed by atoms with Crippen molar-refractivity contribution in [3.05, 3.63) is 52.6 Å². The van der Waals surface area contributed by atoms with E-state index in [0.717, 1.165) is 5.56 Å². The van der Waals surface area contributed by atoms with E-state index in [4.69, 9.17) is 5.73 Å². The minimum absolute atomic E-state index is 0.0713. The normalized spacial score (nSPS) is 12.1. The van der Waals surface area contributed by atoms with Crippen LogP contribution in [-0.4, -0.2) is 4.92 Å². The molecule has 14 heavy (non-hydrogen) atoms. The van der Waals surface area contributed by atoms with Crippen LogP contribution in [0.5, 0.6) is 0 Å². The topological polar surface area (TPSA) is 69.2 Å². The van der Waals surface area contributed by atoms with Gasteiger partial charge in [-0.05, 0) is 12.0 Å². The molecule has 0 fully saturated rings. The van der Waals surface area contributed by atoms with Crippen molar-refractivity contribution in [1.29, 1.82) is 0 Å². The van der Waals surface area contributed by atoms with Crippen LogP contribution in [0.15, 0.2) is 36.9 Å². The molecule has 1 unspecified atom stereocenters. The van der Waals surface area contributed by atoms with Gasteiger partial charge in [0.2, 0.25) is 0 Å². The Morgan fingerprint density at radius 2 is 2.36 bits per heavy atom. The fourth-order valence-corrected chi connectivity index (χ4v) is 1.18. The molecule has 4 heteroatoms. The lowest BCUT2D eigenvalue weighted by molar-refractivity contribution is -0.384. The first-order valence-electron chi connectivity index (χ1n) is 4.26. The molecule has 4 nitrogen and oxygen atoms in total. The first-order chi connectivity index (χ1) is 6.65. The predicted molar refractivity (Wildman–Crippen MR) is 54.8 cm³/mol. The van der Waals surface area contributed by atoms with Crippen LogP contribution in [0.25, 0.3) is 0 Å². The first kappa shape index (κ1) is 10.4. The molecule has 1 atom stereocenters. The van der Waals surface area contributed by atoms with E-state index in [1.54, 1.807) is 18.2 Å². The number of nitrogens with zero attached hydrogens (tertiary/aromatic N) is 1. The average Bonchev–Trinajstić information content (AvgIpc) is 2.18. The number of nitro benzene ring substituents is 1. The van der Waals surface area contributed by atoms with Crippen LogP contribution in [0.1, 0.15) is 18.0 Å². The molecule has 74 valence electrons. The Labute approximate surface area is 82.2 Å². The van der Waals surface area contributed by atoms with Crippen LogP contribution in [-0.2, 0) is 0 Å². The van der Waals surface area contributed by atoms with Gasteiger partial charge in [-0.1, -0.05) is 18.2 Å². The molecule has 0 amide bonds. The Kier molecular flexibility index (Phi) is 3.36. The van der Waals surface area contributed by atoms with Crippen LogP contribution in [0.3, 0.4) is 0 Å². The smallest absolute Gasteiger partial charge is 0.269 e. The van der Waals surface area contributed by atoms with Gasteiger partial charge in [0.05, 0.1) is 4.92 Å². The minimum Gasteiger partial charge on any atom is -0.324 e. The molecule has 0 spiro atoms. The van der Waals surface area contributed by atoms with Gasteiger partial charge in [0, 0.05) is 18.2 Å². The molecule has 2 N–H and O–H groups in total. The second-order valence-corrected chi connectivity index (χ2v) is 2.98. The summed E-state index contributed by atoms with van der Waals surface area (Å²) in [7, 11) is 0. The van der Waals surface area contributed by atoms with Gasteiger partial charge in [-0.2, -0.15) is 0 Å². The van der Waals surface area contributed by atoms with Gasteiger partial charge in [0.15, 0.2) is 0 Å². The Bertz CT molecular complexity index is 350. The fourth-order valence-electron chi connectivity index (χ4n) is 1.18. The zero-order valence-electron chi connectivity index (χ0n) is 7.72. The van der Waals surface area contributed by atoms with Crippen molar-refractivity contribution in [3.8, 4) is 0 Å². The summed E-state index contributed by atoms with van der Waals surface area (Å²) >= 11 is 0. The van der Waals surface area contributed by atoms with Crippen molar-refractivity contribution in [2.45, 2.75) is 12.5 Å². The van der Waals surface area contributed by atoms with Gasteiger partial charge < -0.3 is 5.73 Å². The van der Waals surface area contributed by atoms with Crippen LogP contribution >= 0.6 is 0 Å². The molecule has 0 heterocycles. The molecule has 0 aliphatic carbocycles. The van der Waals surface area contributed by atoms with E-state index in [0.29, 0.717) is 6.42 Å². The summed E-state index contributed by atoms with van der Waals surface area (Å²) in [4.78, 5) is 10.1. The monoisotopic (exact) mass is 192 g/mol. The van der Waals surface area contributed by atoms with Crippen LogP contribution in [0.4, 0.5) is 5.69 Å². The van der Waals surface area contributed by atoms with Crippen molar-refractivity contribution in [3.63, 3.8) is 0 Å². The lowest BCUT2D eigenvalue weighted by atomic mass is 10.0. The molecule has 1 aromatic carbocycles. The van der Waals surface area contributed by atoms with Gasteiger partial charge in [0.1, 0.15) is 0 Å². The van der Waals surface area contributed by atoms with Gasteiger partial charge in [-0.15, -0.1) is 6.58 Å². The van der Waals surface area contributed by atoms with Crippen molar-refractivity contribution in [2.75, 3.05) is 0 Å². The lowest BCUT2D eigenvalue weighted by Crippen LogP contribution is -2.09. The van der Waals surface area contributed by atoms with Crippen molar-refractivity contribution < 1.29 is 4.92 Å². The van der Waals surface area contributed by atoms with Gasteiger partial charge in [0.25, 0.3) is 5.69 Å². The SMILES string of the molecule is C=CCC(N)c1cccc([N+](=O)[O-])c1. The highest BCUT2D eigenvalue weighted by Crippen LogP contribution is 2.19. The molecule has 0 bridgehead atoms. The van der Waals surface area contributed by atoms with Crippen LogP contribution in [0.2, 0.25) is 0 Å². The molecule has 0 aromatic heterocycles. The largest absolute Gasteiger partial charge is 0.324 e. The van der Waals surface area contributed by atoms with Gasteiger partial charge >= 0.3 is 0 Å². The molecule has 0 saturated carbocycles. The van der Waals surface area contributed by atoms with E-state index in [9.17, 15) is 10.1 Å². The van der Waals surface area contributed by atoms with E-state index in [1.807, 2.05) is 0 Å². The number of hydrogen-bond donors (Lipinski definition) is 1. The van der Waals surface area contributed by atoms with E-state index in [-0.39, 0.29) is 11.7 Å². The third kappa shape index (κ3) is 2.40. The number of nitro groups is 1. The molecule has 1 rings (SSSR count). The highest BCUT2D eigenvalue weighted by molar-refractivity contribution is 5.35. The summed E-state index contributed by atoms with van der Waals surface area (Å²) in [5.74, 6) is 0. The quantitative estimate of drug-likeness (QED) is 0.451. The molecular formula is C10H12N2O2. The maximum atomic E-state index is 10.5. The highest BCUT2D eigenvalue weighted by Gasteiger charge is 2.09. The van der Waals surface area contributed by atoms with E-state index < -0.39 is 4.92 Å². The van der Waals surface area contributed by atoms with Crippen molar-refractivity contribution in [2.24, 2.45) is 5.73 Å². The zero-order valence-corrected chi connectivity index (χ0v) is 7.72. The second-order valence-electron chi connectivity index (χ2n) is 2.98. The number of hydrogen-bond acceptors (Lipinski definition) is 3. The van der Waals surface area contributed by atoms with E-state index in [2.05, 4.69) is 6.58 Å². The fraction of sp³-hybridized carbons (Fsp3) is 0.200. The van der Waals surface area contributed by atoms with Gasteiger partial charge in [-0.25, -0.2) is 0 Å². The summed E-state index contributed by atoms with van der Waals surface area (Å²) in [6.45, 7) is 3.57. The maximum absolute atomic E-state index is 10.5. The summed E-state index contributed by atoms with van der Waals surface area (Å²) < 4.78 is 0. The number of benzene rings is 1. The van der Waals surface area contributed by atoms with Crippen LogP contribution < -0.4 is 5.73 Å². The Balaban J connectivity index is 2.93. The maximum Gasteiger partial charge on any atom is 0.269 e. The predicted octanol–water partition coefficient (Wildman–Crippen LogP) is 2.17. The van der Waals surface area contributed by atoms with E-state index >= 15 is 0 Å². The number of rotatable bonds is 4. The molecule has 0 aliphatic heterocycles. The Morgan fingerprint density at radius 1 is 1.64 bits per heavy atom. The summed E-state index contributed by atoms with van der Waals surface area (Å²) in [6, 6.07) is 6.14. The average molecular weight is 192 g/mol. The van der Waals surface area contributed by atoms with Gasteiger partial charge in [-0.3, -0.25) is 10.1 Å². The van der Waals surface area contributed by atoms with E-state index in [1.165, 1.54) is 12.1 Å². The Hall–Kier alpha value is -1.68. The van der Waals surface area contributed by atoms with Crippen LogP contribution in [0, 0.1) is 10.1 Å². The first-order valence-corrected chi connectivity index (χ1v) is 4.26. The zero-order chi connectivity index (χ0) is 10.6. The summed E-state index contributed by atoms with van der Waals surface area (Å²) in [5, 5.41) is 10.5. The summed E-state index contributed by atoms with van der Waals surface area (Å²) in [5.41, 5.74) is 6.62. The third-order valence-corrected chi connectivity index (χ3v) is 1.93. The molecular weight excluding hydrogens is 180 g/mol. The molecule has 1 aromatic rings. The molecule has 0 aliphatic rings. The number of nitrogens with two attached hydrogens (primary N) is 1. The minimum atomic E-state index is -0.426. The second kappa shape index (κ2) is 4.53. The van der Waals surface area contributed by atoms with Crippen molar-refractivity contribution in [1.82, 2.24) is 0 Å². The standard InChI is InChI=1S/C10H12N2O2/c1-2-4-10(11)8-5-3-6-9(7-8)12(13)14/h2-3,5-7,10H,1,4,11H2. The third-order valence-electron chi connectivity index (χ3n) is 1.93. The van der Waals surface area contributed by atoms with Crippen molar-refractivity contribution >= 4 is 5.69 Å². The lowest BCUT2D eigenvalue weighted by Gasteiger charge is -2.08. The summed E-state index contributed by atoms with van der Waals surface area (Å²) in [6.07, 6.45) is 2.31. The highest BCUT2D eigenvalue weighted by atomic mass is 16.6. The molecule has 0 saturated heterocycles. The number of non-ortho nitro benzene ring substituents is 1. The molecule has 0 radical (unpaired) electrons. The Morgan fingerprint density at radius 3 is 2.93 bits per heavy atom.